The predicted octanol–water partition coefficient (Wildman–Crippen LogP) is 3.45. The highest BCUT2D eigenvalue weighted by molar-refractivity contribution is 8.18. The number of nitrogens with zero attached hydrogens (tertiary/aromatic N) is 2. The van der Waals surface area contributed by atoms with E-state index in [-0.39, 0.29) is 23.5 Å². The first-order valence-corrected chi connectivity index (χ1v) is 10.6. The summed E-state index contributed by atoms with van der Waals surface area (Å²) < 4.78 is 15.4. The quantitative estimate of drug-likeness (QED) is 0.514. The maximum Gasteiger partial charge on any atom is 0.373 e. The zero-order valence-corrected chi connectivity index (χ0v) is 18.1. The molecule has 2 saturated heterocycles. The molecule has 2 fully saturated rings. The highest BCUT2D eigenvalue weighted by Crippen LogP contribution is 2.34. The van der Waals surface area contributed by atoms with E-state index in [2.05, 4.69) is 9.64 Å². The van der Waals surface area contributed by atoms with Gasteiger partial charge in [-0.1, -0.05) is 6.07 Å². The van der Waals surface area contributed by atoms with E-state index in [0.29, 0.717) is 23.9 Å². The maximum absolute atomic E-state index is 12.8. The van der Waals surface area contributed by atoms with Gasteiger partial charge in [0.1, 0.15) is 5.76 Å². The number of furan rings is 1. The minimum atomic E-state index is -0.615. The van der Waals surface area contributed by atoms with Crippen molar-refractivity contribution in [2.24, 2.45) is 0 Å². The molecule has 0 unspecified atom stereocenters. The van der Waals surface area contributed by atoms with Crippen LogP contribution in [-0.2, 0) is 20.8 Å². The lowest BCUT2D eigenvalue weighted by atomic mass is 10.1. The van der Waals surface area contributed by atoms with Crippen LogP contribution in [-0.4, -0.2) is 55.4 Å². The number of ether oxygens (including phenoxy) is 2. The van der Waals surface area contributed by atoms with Crippen molar-refractivity contribution in [2.75, 3.05) is 38.3 Å². The van der Waals surface area contributed by atoms with Crippen LogP contribution in [0.2, 0.25) is 0 Å². The minimum Gasteiger partial charge on any atom is -0.463 e. The number of esters is 1. The van der Waals surface area contributed by atoms with Crippen LogP contribution in [0, 0.1) is 6.92 Å². The molecule has 2 aromatic rings. The number of rotatable bonds is 5. The van der Waals surface area contributed by atoms with Gasteiger partial charge in [0.15, 0.2) is 0 Å². The fourth-order valence-electron chi connectivity index (χ4n) is 3.54. The Morgan fingerprint density at radius 2 is 1.97 bits per heavy atom. The lowest BCUT2D eigenvalue weighted by Gasteiger charge is -2.30. The van der Waals surface area contributed by atoms with E-state index in [1.54, 1.807) is 12.1 Å². The van der Waals surface area contributed by atoms with Crippen LogP contribution >= 0.6 is 11.8 Å². The summed E-state index contributed by atoms with van der Waals surface area (Å²) >= 11 is 0.890. The number of aryl methyl sites for hydroxylation is 1. The largest absolute Gasteiger partial charge is 0.463 e. The summed E-state index contributed by atoms with van der Waals surface area (Å²) in [5.74, 6) is -0.650. The average molecular weight is 442 g/mol. The highest BCUT2D eigenvalue weighted by atomic mass is 32.2. The lowest BCUT2D eigenvalue weighted by molar-refractivity contribution is -0.123. The summed E-state index contributed by atoms with van der Waals surface area (Å²) in [7, 11) is 1.25. The Kier molecular flexibility index (Phi) is 6.15. The SMILES string of the molecule is COC(=O)c1ccc(CN2C(=O)SC(=Cc3ccc(N4CCOCC4)c(C)c3)C2=O)o1. The zero-order valence-electron chi connectivity index (χ0n) is 17.3. The Morgan fingerprint density at radius 3 is 2.68 bits per heavy atom. The molecule has 0 spiro atoms. The maximum atomic E-state index is 12.8. The lowest BCUT2D eigenvalue weighted by Crippen LogP contribution is -2.36. The van der Waals surface area contributed by atoms with Crippen LogP contribution < -0.4 is 4.90 Å². The van der Waals surface area contributed by atoms with Gasteiger partial charge in [0.25, 0.3) is 11.1 Å². The summed E-state index contributed by atoms with van der Waals surface area (Å²) in [4.78, 5) is 40.4. The van der Waals surface area contributed by atoms with E-state index >= 15 is 0 Å². The van der Waals surface area contributed by atoms with Gasteiger partial charge in [0, 0.05) is 18.8 Å². The number of carbonyl (C=O) groups excluding carboxylic acids is 3. The highest BCUT2D eigenvalue weighted by Gasteiger charge is 2.35. The van der Waals surface area contributed by atoms with Gasteiger partial charge in [-0.25, -0.2) is 4.79 Å². The molecule has 1 aromatic heterocycles. The monoisotopic (exact) mass is 442 g/mol. The number of thioether (sulfide) groups is 1. The molecule has 0 aliphatic carbocycles. The third kappa shape index (κ3) is 4.52. The van der Waals surface area contributed by atoms with Gasteiger partial charge < -0.3 is 18.8 Å². The molecule has 4 rings (SSSR count). The second kappa shape index (κ2) is 8.99. The fourth-order valence-corrected chi connectivity index (χ4v) is 4.38. The minimum absolute atomic E-state index is 0.0239. The third-order valence-corrected chi connectivity index (χ3v) is 6.01. The van der Waals surface area contributed by atoms with E-state index in [4.69, 9.17) is 9.15 Å². The average Bonchev–Trinajstić information content (AvgIpc) is 3.34. The van der Waals surface area contributed by atoms with E-state index in [1.807, 2.05) is 25.1 Å². The molecule has 0 bridgehead atoms. The Morgan fingerprint density at radius 1 is 1.19 bits per heavy atom. The summed E-state index contributed by atoms with van der Waals surface area (Å²) in [5.41, 5.74) is 3.10. The molecule has 0 atom stereocenters. The van der Waals surface area contributed by atoms with Crippen molar-refractivity contribution in [1.29, 1.82) is 0 Å². The Bertz CT molecular complexity index is 1050. The van der Waals surface area contributed by atoms with Gasteiger partial charge in [-0.3, -0.25) is 14.5 Å². The number of imide groups is 1. The number of benzene rings is 1. The molecule has 2 aliphatic rings. The van der Waals surface area contributed by atoms with E-state index in [0.717, 1.165) is 46.6 Å². The number of hydrogen-bond donors (Lipinski definition) is 0. The third-order valence-electron chi connectivity index (χ3n) is 5.11. The molecular formula is C22H22N2O6S. The Labute approximate surface area is 183 Å². The number of methoxy groups -OCH3 is 1. The van der Waals surface area contributed by atoms with E-state index < -0.39 is 5.97 Å². The topological polar surface area (TPSA) is 89.3 Å². The summed E-state index contributed by atoms with van der Waals surface area (Å²) in [6.07, 6.45) is 1.73. The number of amides is 2. The Hall–Kier alpha value is -3.04. The van der Waals surface area contributed by atoms with Gasteiger partial charge >= 0.3 is 5.97 Å². The molecule has 2 aliphatic heterocycles. The van der Waals surface area contributed by atoms with Crippen LogP contribution in [0.25, 0.3) is 6.08 Å². The fraction of sp³-hybridized carbons (Fsp3) is 0.318. The molecule has 162 valence electrons. The number of anilines is 1. The van der Waals surface area contributed by atoms with Crippen molar-refractivity contribution in [1.82, 2.24) is 4.90 Å². The molecule has 2 amide bonds. The molecule has 0 saturated carbocycles. The molecule has 31 heavy (non-hydrogen) atoms. The summed E-state index contributed by atoms with van der Waals surface area (Å²) in [6, 6.07) is 8.99. The van der Waals surface area contributed by atoms with Crippen molar-refractivity contribution in [3.8, 4) is 0 Å². The first-order chi connectivity index (χ1) is 15.0. The number of hydrogen-bond acceptors (Lipinski definition) is 8. The van der Waals surface area contributed by atoms with Gasteiger partial charge in [0.05, 0.1) is 31.8 Å². The van der Waals surface area contributed by atoms with Crippen molar-refractivity contribution in [3.05, 3.63) is 57.9 Å². The van der Waals surface area contributed by atoms with Gasteiger partial charge in [-0.15, -0.1) is 0 Å². The predicted molar refractivity (Wildman–Crippen MR) is 116 cm³/mol. The van der Waals surface area contributed by atoms with Crippen molar-refractivity contribution in [2.45, 2.75) is 13.5 Å². The standard InChI is InChI=1S/C22H22N2O6S/c1-14-11-15(3-5-17(14)23-7-9-29-10-8-23)12-19-20(25)24(22(27)31-19)13-16-4-6-18(30-16)21(26)28-2/h3-6,11-12H,7-10,13H2,1-2H3. The van der Waals surface area contributed by atoms with Crippen molar-refractivity contribution < 1.29 is 28.3 Å². The van der Waals surface area contributed by atoms with Crippen LogP contribution in [0.3, 0.4) is 0 Å². The van der Waals surface area contributed by atoms with Crippen molar-refractivity contribution >= 4 is 40.6 Å². The van der Waals surface area contributed by atoms with Gasteiger partial charge in [0.2, 0.25) is 5.76 Å². The molecule has 3 heterocycles. The van der Waals surface area contributed by atoms with Crippen LogP contribution in [0.4, 0.5) is 10.5 Å². The molecule has 1 aromatic carbocycles. The second-order valence-electron chi connectivity index (χ2n) is 7.17. The zero-order chi connectivity index (χ0) is 22.0. The molecule has 9 heteroatoms. The van der Waals surface area contributed by atoms with Crippen molar-refractivity contribution in [3.63, 3.8) is 0 Å². The number of morpholine rings is 1. The Balaban J connectivity index is 1.48. The van der Waals surface area contributed by atoms with Crippen LogP contribution in [0.1, 0.15) is 27.4 Å². The second-order valence-corrected chi connectivity index (χ2v) is 8.16. The smallest absolute Gasteiger partial charge is 0.373 e. The van der Waals surface area contributed by atoms with Crippen LogP contribution in [0.5, 0.6) is 0 Å². The summed E-state index contributed by atoms with van der Waals surface area (Å²) in [5, 5.41) is -0.381. The van der Waals surface area contributed by atoms with Gasteiger partial charge in [-0.2, -0.15) is 0 Å². The normalized spacial score (nSPS) is 18.2. The van der Waals surface area contributed by atoms with E-state index in [1.165, 1.54) is 13.2 Å². The molecule has 0 radical (unpaired) electrons. The summed E-state index contributed by atoms with van der Waals surface area (Å²) in [6.45, 7) is 5.11. The molecule has 8 nitrogen and oxygen atoms in total. The van der Waals surface area contributed by atoms with Gasteiger partial charge in [-0.05, 0) is 60.2 Å². The first kappa shape index (κ1) is 21.2. The van der Waals surface area contributed by atoms with Crippen LogP contribution in [0.15, 0.2) is 39.7 Å². The first-order valence-electron chi connectivity index (χ1n) is 9.82. The molecule has 0 N–H and O–H groups in total. The number of carbonyl (C=O) groups is 3. The van der Waals surface area contributed by atoms with E-state index in [9.17, 15) is 14.4 Å². The molecular weight excluding hydrogens is 420 g/mol.